The third-order valence-corrected chi connectivity index (χ3v) is 14.3. The zero-order chi connectivity index (χ0) is 31.9. The molecule has 0 fully saturated rings. The summed E-state index contributed by atoms with van der Waals surface area (Å²) in [6.45, 7) is 12.6. The molecule has 2 aromatic carbocycles. The van der Waals surface area contributed by atoms with Crippen LogP contribution in [0.2, 0.25) is 5.04 Å². The van der Waals surface area contributed by atoms with Crippen LogP contribution in [-0.2, 0) is 14.0 Å². The number of carbonyl (C=O) groups is 1. The minimum Gasteiger partial charge on any atom is -0.466 e. The summed E-state index contributed by atoms with van der Waals surface area (Å²) in [4.78, 5) is 12.2. The second kappa shape index (κ2) is 22.6. The molecule has 0 heterocycles. The summed E-state index contributed by atoms with van der Waals surface area (Å²) in [6.07, 6.45) is 22.4. The van der Waals surface area contributed by atoms with Crippen molar-refractivity contribution in [3.8, 4) is 0 Å². The maximum absolute atomic E-state index is 12.2. The Morgan fingerprint density at radius 1 is 0.636 bits per heavy atom. The fraction of sp³-hybridized carbons (Fsp3) is 0.675. The van der Waals surface area contributed by atoms with Crippen LogP contribution >= 0.6 is 0 Å². The summed E-state index contributed by atoms with van der Waals surface area (Å²) < 4.78 is 12.3. The minimum absolute atomic E-state index is 0.000583. The molecule has 1 unspecified atom stereocenters. The second-order valence-corrected chi connectivity index (χ2v) is 18.2. The summed E-state index contributed by atoms with van der Waals surface area (Å²) in [6, 6.07) is 22.0. The Hall–Kier alpha value is -1.91. The van der Waals surface area contributed by atoms with Gasteiger partial charge in [-0.2, -0.15) is 0 Å². The highest BCUT2D eigenvalue weighted by molar-refractivity contribution is 6.99. The van der Waals surface area contributed by atoms with Crippen LogP contribution in [0, 0.1) is 5.92 Å². The molecule has 44 heavy (non-hydrogen) atoms. The predicted octanol–water partition coefficient (Wildman–Crippen LogP) is 10.8. The summed E-state index contributed by atoms with van der Waals surface area (Å²) in [5.74, 6) is 0.500. The summed E-state index contributed by atoms with van der Waals surface area (Å²) in [5.41, 5.74) is 0. The molecule has 0 aliphatic heterocycles. The van der Waals surface area contributed by atoms with E-state index in [0.29, 0.717) is 18.9 Å². The van der Waals surface area contributed by atoms with E-state index in [9.17, 15) is 4.79 Å². The van der Waals surface area contributed by atoms with Crippen LogP contribution in [0.5, 0.6) is 0 Å². The van der Waals surface area contributed by atoms with E-state index in [1.54, 1.807) is 0 Å². The number of rotatable bonds is 25. The van der Waals surface area contributed by atoms with E-state index >= 15 is 0 Å². The zero-order valence-corrected chi connectivity index (χ0v) is 30.2. The third-order valence-electron chi connectivity index (χ3n) is 9.22. The fourth-order valence-corrected chi connectivity index (χ4v) is 11.4. The van der Waals surface area contributed by atoms with Crippen molar-refractivity contribution in [3.63, 3.8) is 0 Å². The molecule has 3 nitrogen and oxygen atoms in total. The number of carbonyl (C=O) groups excluding carboxylic acids is 1. The molecular weight excluding hydrogens is 557 g/mol. The van der Waals surface area contributed by atoms with Gasteiger partial charge in [0.15, 0.2) is 0 Å². The average Bonchev–Trinajstić information content (AvgIpc) is 3.01. The lowest BCUT2D eigenvalue weighted by Gasteiger charge is -2.43. The van der Waals surface area contributed by atoms with Gasteiger partial charge in [0.1, 0.15) is 0 Å². The van der Waals surface area contributed by atoms with E-state index in [1.807, 2.05) is 6.92 Å². The quantitative estimate of drug-likeness (QED) is 0.0628. The standard InChI is InChI=1S/C40H66O3Si/c1-6-8-9-10-13-16-21-28-36(35-39(41)42-7-2)29-22-17-14-11-12-15-18-27-34-43-44(40(3,4)5,37-30-23-19-24-31-37)38-32-25-20-26-33-38/h19-20,23-26,30-33,36H,6-18,21-22,27-29,34-35H2,1-5H3. The van der Waals surface area contributed by atoms with Crippen molar-refractivity contribution in [2.24, 2.45) is 5.92 Å². The highest BCUT2D eigenvalue weighted by Gasteiger charge is 2.49. The molecule has 0 amide bonds. The molecule has 0 bridgehead atoms. The normalized spacial score (nSPS) is 12.8. The molecule has 1 atom stereocenters. The smallest absolute Gasteiger partial charge is 0.306 e. The molecule has 0 saturated carbocycles. The van der Waals surface area contributed by atoms with Crippen molar-refractivity contribution >= 4 is 24.7 Å². The van der Waals surface area contributed by atoms with Crippen molar-refractivity contribution in [2.45, 2.75) is 155 Å². The zero-order valence-electron chi connectivity index (χ0n) is 29.2. The Kier molecular flexibility index (Phi) is 19.6. The lowest BCUT2D eigenvalue weighted by atomic mass is 9.91. The molecule has 0 spiro atoms. The molecular formula is C40H66O3Si. The van der Waals surface area contributed by atoms with E-state index in [1.165, 1.54) is 113 Å². The van der Waals surface area contributed by atoms with E-state index in [-0.39, 0.29) is 11.0 Å². The average molecular weight is 623 g/mol. The van der Waals surface area contributed by atoms with Crippen LogP contribution in [0.25, 0.3) is 0 Å². The molecule has 0 aromatic heterocycles. The molecule has 0 N–H and O–H groups in total. The van der Waals surface area contributed by atoms with Crippen molar-refractivity contribution in [1.82, 2.24) is 0 Å². The van der Waals surface area contributed by atoms with Gasteiger partial charge in [-0.05, 0) is 47.5 Å². The van der Waals surface area contributed by atoms with E-state index in [0.717, 1.165) is 13.0 Å². The van der Waals surface area contributed by atoms with Crippen molar-refractivity contribution < 1.29 is 14.0 Å². The van der Waals surface area contributed by atoms with Gasteiger partial charge in [-0.3, -0.25) is 4.79 Å². The van der Waals surface area contributed by atoms with Crippen molar-refractivity contribution in [3.05, 3.63) is 60.7 Å². The monoisotopic (exact) mass is 622 g/mol. The maximum atomic E-state index is 12.2. The van der Waals surface area contributed by atoms with Crippen LogP contribution in [-0.4, -0.2) is 27.5 Å². The lowest BCUT2D eigenvalue weighted by Crippen LogP contribution is -2.66. The van der Waals surface area contributed by atoms with E-state index in [4.69, 9.17) is 9.16 Å². The van der Waals surface area contributed by atoms with Gasteiger partial charge in [-0.15, -0.1) is 0 Å². The fourth-order valence-electron chi connectivity index (χ4n) is 6.78. The first kappa shape index (κ1) is 38.3. The Morgan fingerprint density at radius 3 is 1.50 bits per heavy atom. The molecule has 2 aromatic rings. The molecule has 4 heteroatoms. The van der Waals surface area contributed by atoms with Gasteiger partial charge in [-0.1, -0.05) is 178 Å². The summed E-state index contributed by atoms with van der Waals surface area (Å²) in [7, 11) is -2.41. The molecule has 0 aliphatic rings. The van der Waals surface area contributed by atoms with Crippen LogP contribution in [0.4, 0.5) is 0 Å². The number of benzene rings is 2. The first-order valence-corrected chi connectivity index (χ1v) is 20.2. The Bertz CT molecular complexity index is 930. The molecule has 0 aliphatic carbocycles. The van der Waals surface area contributed by atoms with Crippen molar-refractivity contribution in [1.29, 1.82) is 0 Å². The Labute approximate surface area is 273 Å². The topological polar surface area (TPSA) is 35.5 Å². The number of hydrogen-bond donors (Lipinski definition) is 0. The van der Waals surface area contributed by atoms with Crippen LogP contribution in [0.15, 0.2) is 60.7 Å². The van der Waals surface area contributed by atoms with Crippen LogP contribution < -0.4 is 10.4 Å². The van der Waals surface area contributed by atoms with Gasteiger partial charge in [0.2, 0.25) is 0 Å². The van der Waals surface area contributed by atoms with Gasteiger partial charge < -0.3 is 9.16 Å². The highest BCUT2D eigenvalue weighted by atomic mass is 28.4. The van der Waals surface area contributed by atoms with Gasteiger partial charge in [-0.25, -0.2) is 0 Å². The maximum Gasteiger partial charge on any atom is 0.306 e. The van der Waals surface area contributed by atoms with Gasteiger partial charge in [0, 0.05) is 13.0 Å². The third kappa shape index (κ3) is 14.0. The Morgan fingerprint density at radius 2 is 1.07 bits per heavy atom. The number of esters is 1. The summed E-state index contributed by atoms with van der Waals surface area (Å²) >= 11 is 0. The number of unbranched alkanes of at least 4 members (excludes halogenated alkanes) is 13. The largest absolute Gasteiger partial charge is 0.466 e. The highest BCUT2D eigenvalue weighted by Crippen LogP contribution is 2.37. The van der Waals surface area contributed by atoms with Gasteiger partial charge in [0.25, 0.3) is 8.32 Å². The molecule has 0 saturated heterocycles. The summed E-state index contributed by atoms with van der Waals surface area (Å²) in [5, 5.41) is 2.77. The number of hydrogen-bond acceptors (Lipinski definition) is 3. The van der Waals surface area contributed by atoms with Crippen molar-refractivity contribution in [2.75, 3.05) is 13.2 Å². The minimum atomic E-state index is -2.41. The second-order valence-electron chi connectivity index (χ2n) is 13.9. The number of ether oxygens (including phenoxy) is 1. The molecule has 248 valence electrons. The Balaban J connectivity index is 1.68. The van der Waals surface area contributed by atoms with Gasteiger partial charge >= 0.3 is 5.97 Å². The molecule has 2 rings (SSSR count). The first-order valence-electron chi connectivity index (χ1n) is 18.3. The van der Waals surface area contributed by atoms with Crippen LogP contribution in [0.1, 0.15) is 150 Å². The predicted molar refractivity (Wildman–Crippen MR) is 192 cm³/mol. The van der Waals surface area contributed by atoms with E-state index in [2.05, 4.69) is 88.4 Å². The van der Waals surface area contributed by atoms with Gasteiger partial charge in [0.05, 0.1) is 6.61 Å². The molecule has 0 radical (unpaired) electrons. The van der Waals surface area contributed by atoms with E-state index < -0.39 is 8.32 Å². The van der Waals surface area contributed by atoms with Crippen LogP contribution in [0.3, 0.4) is 0 Å². The SMILES string of the molecule is CCCCCCCCCC(CCCCCCCCCCO[Si](c1ccccc1)(c1ccccc1)C(C)(C)C)CC(=O)OCC. The first-order chi connectivity index (χ1) is 21.3. The lowest BCUT2D eigenvalue weighted by molar-refractivity contribution is -0.144.